The molecule has 4 N–H and O–H groups in total. The zero-order valence-corrected chi connectivity index (χ0v) is 10.7. The summed E-state index contributed by atoms with van der Waals surface area (Å²) >= 11 is 0. The van der Waals surface area contributed by atoms with Gasteiger partial charge >= 0.3 is 0 Å². The van der Waals surface area contributed by atoms with Crippen molar-refractivity contribution in [1.29, 1.82) is 0 Å². The van der Waals surface area contributed by atoms with E-state index in [1.54, 1.807) is 0 Å². The Labute approximate surface area is 84.4 Å². The van der Waals surface area contributed by atoms with Gasteiger partial charge in [-0.2, -0.15) is 0 Å². The van der Waals surface area contributed by atoms with Crippen LogP contribution >= 0.6 is 0 Å². The highest BCUT2D eigenvalue weighted by Crippen LogP contribution is 2.26. The molecular formula is C10H26N2Si. The summed E-state index contributed by atoms with van der Waals surface area (Å²) in [7, 11) is -1.14. The maximum absolute atomic E-state index is 5.69. The molecule has 0 radical (unpaired) electrons. The fourth-order valence-corrected chi connectivity index (χ4v) is 4.32. The molecule has 0 saturated carbocycles. The van der Waals surface area contributed by atoms with Crippen molar-refractivity contribution in [1.82, 2.24) is 0 Å². The zero-order valence-electron chi connectivity index (χ0n) is 9.69. The van der Waals surface area contributed by atoms with Crippen molar-refractivity contribution in [3.05, 3.63) is 13.2 Å². The molecule has 0 aromatic heterocycles. The fourth-order valence-electron chi connectivity index (χ4n) is 1.44. The van der Waals surface area contributed by atoms with Gasteiger partial charge in [0.1, 0.15) is 0 Å². The second-order valence-electron chi connectivity index (χ2n) is 4.91. The molecular weight excluding hydrogens is 176 g/mol. The lowest BCUT2D eigenvalue weighted by atomic mass is 9.97. The maximum Gasteiger partial charge on any atom is 0.0628 e. The second-order valence-corrected chi connectivity index (χ2v) is 10.0. The lowest BCUT2D eigenvalue weighted by Crippen LogP contribution is -2.42. The minimum atomic E-state index is -1.14. The molecule has 0 aromatic carbocycles. The van der Waals surface area contributed by atoms with Crippen molar-refractivity contribution in [3.8, 4) is 0 Å². The monoisotopic (exact) mass is 202 g/mol. The van der Waals surface area contributed by atoms with Crippen LogP contribution in [0.3, 0.4) is 0 Å². The Balaban J connectivity index is 0. The molecule has 0 rings (SSSR count). The van der Waals surface area contributed by atoms with Crippen molar-refractivity contribution in [3.63, 3.8) is 0 Å². The number of nitrogens with two attached hydrogens (primary N) is 2. The third-order valence-corrected chi connectivity index (χ3v) is 5.08. The van der Waals surface area contributed by atoms with Gasteiger partial charge in [0.2, 0.25) is 0 Å². The van der Waals surface area contributed by atoms with Crippen LogP contribution in [-0.4, -0.2) is 20.8 Å². The van der Waals surface area contributed by atoms with E-state index in [-0.39, 0.29) is 5.41 Å². The summed E-state index contributed by atoms with van der Waals surface area (Å²) in [6.45, 7) is 15.9. The first-order valence-corrected chi connectivity index (χ1v) is 8.14. The van der Waals surface area contributed by atoms with E-state index < -0.39 is 8.07 Å². The third kappa shape index (κ3) is 8.21. The van der Waals surface area contributed by atoms with Crippen LogP contribution in [0.4, 0.5) is 0 Å². The quantitative estimate of drug-likeness (QED) is 0.541. The van der Waals surface area contributed by atoms with Crippen molar-refractivity contribution in [2.45, 2.75) is 33.0 Å². The predicted molar refractivity (Wildman–Crippen MR) is 65.4 cm³/mol. The molecule has 0 heterocycles. The standard InChI is InChI=1S/C8H22N2Si.C2H4/c1-8(2,5-9)6-11(3,4)7-10;1-2/h5-7,9-10H2,1-4H3;1-2H2. The molecule has 2 nitrogen and oxygen atoms in total. The van der Waals surface area contributed by atoms with E-state index in [0.717, 1.165) is 12.7 Å². The average Bonchev–Trinajstić information content (AvgIpc) is 2.07. The topological polar surface area (TPSA) is 52.0 Å². The van der Waals surface area contributed by atoms with Crippen molar-refractivity contribution in [2.75, 3.05) is 12.7 Å². The molecule has 0 atom stereocenters. The van der Waals surface area contributed by atoms with Gasteiger partial charge in [0.15, 0.2) is 0 Å². The Kier molecular flexibility index (Phi) is 7.50. The van der Waals surface area contributed by atoms with Crippen molar-refractivity contribution < 1.29 is 0 Å². The summed E-state index contributed by atoms with van der Waals surface area (Å²) in [5.41, 5.74) is 11.6. The Bertz CT molecular complexity index is 119. The van der Waals surface area contributed by atoms with Crippen LogP contribution in [0.15, 0.2) is 13.2 Å². The normalized spacial score (nSPS) is 11.8. The van der Waals surface area contributed by atoms with E-state index >= 15 is 0 Å². The van der Waals surface area contributed by atoms with Crippen LogP contribution in [0.2, 0.25) is 19.1 Å². The summed E-state index contributed by atoms with van der Waals surface area (Å²) in [6.07, 6.45) is 0.871. The van der Waals surface area contributed by atoms with Crippen molar-refractivity contribution >= 4 is 8.07 Å². The van der Waals surface area contributed by atoms with Crippen LogP contribution < -0.4 is 11.5 Å². The van der Waals surface area contributed by atoms with Crippen LogP contribution in [-0.2, 0) is 0 Å². The summed E-state index contributed by atoms with van der Waals surface area (Å²) in [4.78, 5) is 0. The SMILES string of the molecule is C=C.CC(C)(CN)C[Si](C)(C)CN. The summed E-state index contributed by atoms with van der Waals surface area (Å²) in [5.74, 6) is 0. The number of hydrogen-bond donors (Lipinski definition) is 2. The van der Waals surface area contributed by atoms with E-state index in [1.165, 1.54) is 6.04 Å². The van der Waals surface area contributed by atoms with Crippen LogP contribution in [0.5, 0.6) is 0 Å². The van der Waals surface area contributed by atoms with Gasteiger partial charge in [-0.1, -0.05) is 33.0 Å². The van der Waals surface area contributed by atoms with Crippen LogP contribution in [0.1, 0.15) is 13.8 Å². The van der Waals surface area contributed by atoms with Gasteiger partial charge in [0, 0.05) is 0 Å². The van der Waals surface area contributed by atoms with E-state index in [4.69, 9.17) is 11.5 Å². The van der Waals surface area contributed by atoms with E-state index in [9.17, 15) is 0 Å². The first-order valence-electron chi connectivity index (χ1n) is 4.73. The molecule has 13 heavy (non-hydrogen) atoms. The molecule has 0 bridgehead atoms. The smallest absolute Gasteiger partial charge is 0.0628 e. The van der Waals surface area contributed by atoms with Crippen LogP contribution in [0.25, 0.3) is 0 Å². The molecule has 0 aliphatic rings. The minimum Gasteiger partial charge on any atom is -0.333 e. The van der Waals surface area contributed by atoms with Gasteiger partial charge in [-0.05, 0) is 18.1 Å². The molecule has 0 aliphatic carbocycles. The molecule has 0 spiro atoms. The summed E-state index contributed by atoms with van der Waals surface area (Å²) in [6, 6.07) is 1.23. The lowest BCUT2D eigenvalue weighted by molar-refractivity contribution is 0.421. The van der Waals surface area contributed by atoms with Crippen LogP contribution in [0, 0.1) is 5.41 Å². The molecule has 0 unspecified atom stereocenters. The second kappa shape index (κ2) is 6.35. The molecule has 0 amide bonds. The lowest BCUT2D eigenvalue weighted by Gasteiger charge is -2.31. The predicted octanol–water partition coefficient (Wildman–Crippen LogP) is 1.98. The zero-order chi connectivity index (χ0) is 11.1. The molecule has 0 aliphatic heterocycles. The van der Waals surface area contributed by atoms with Gasteiger partial charge in [0.25, 0.3) is 0 Å². The summed E-state index contributed by atoms with van der Waals surface area (Å²) < 4.78 is 0. The molecule has 0 saturated heterocycles. The summed E-state index contributed by atoms with van der Waals surface area (Å²) in [5, 5.41) is 0. The van der Waals surface area contributed by atoms with Gasteiger partial charge in [-0.3, -0.25) is 0 Å². The Morgan fingerprint density at radius 2 is 1.54 bits per heavy atom. The Morgan fingerprint density at radius 1 is 1.15 bits per heavy atom. The first-order chi connectivity index (χ1) is 5.83. The van der Waals surface area contributed by atoms with E-state index in [0.29, 0.717) is 0 Å². The highest BCUT2D eigenvalue weighted by atomic mass is 28.3. The maximum atomic E-state index is 5.69. The highest BCUT2D eigenvalue weighted by molar-refractivity contribution is 6.77. The molecule has 3 heteroatoms. The molecule has 80 valence electrons. The molecule has 0 fully saturated rings. The van der Waals surface area contributed by atoms with Gasteiger partial charge in [0.05, 0.1) is 8.07 Å². The number of hydrogen-bond acceptors (Lipinski definition) is 2. The molecule has 0 aromatic rings. The fraction of sp³-hybridized carbons (Fsp3) is 0.800. The first kappa shape index (κ1) is 15.4. The average molecular weight is 202 g/mol. The van der Waals surface area contributed by atoms with Gasteiger partial charge in [-0.25, -0.2) is 0 Å². The highest BCUT2D eigenvalue weighted by Gasteiger charge is 2.27. The van der Waals surface area contributed by atoms with E-state index in [1.807, 2.05) is 0 Å². The Hall–Kier alpha value is -0.123. The van der Waals surface area contributed by atoms with Gasteiger partial charge < -0.3 is 11.5 Å². The largest absolute Gasteiger partial charge is 0.333 e. The third-order valence-electron chi connectivity index (χ3n) is 2.06. The van der Waals surface area contributed by atoms with Gasteiger partial charge in [-0.15, -0.1) is 13.2 Å². The van der Waals surface area contributed by atoms with E-state index in [2.05, 4.69) is 40.1 Å². The number of rotatable bonds is 4. The minimum absolute atomic E-state index is 0.287. The van der Waals surface area contributed by atoms with Crippen molar-refractivity contribution in [2.24, 2.45) is 16.9 Å². The Morgan fingerprint density at radius 3 is 1.77 bits per heavy atom.